The first-order chi connectivity index (χ1) is 5.85. The van der Waals surface area contributed by atoms with Gasteiger partial charge in [0.25, 0.3) is 0 Å². The quantitative estimate of drug-likeness (QED) is 0.578. The van der Waals surface area contributed by atoms with E-state index in [0.717, 1.165) is 25.9 Å². The van der Waals surface area contributed by atoms with Crippen LogP contribution in [0.2, 0.25) is 0 Å². The summed E-state index contributed by atoms with van der Waals surface area (Å²) in [5.41, 5.74) is 0. The molecule has 2 heteroatoms. The molecule has 0 bridgehead atoms. The molecule has 0 N–H and O–H groups in total. The van der Waals surface area contributed by atoms with Crippen LogP contribution in [0.5, 0.6) is 0 Å². The maximum absolute atomic E-state index is 5.36. The van der Waals surface area contributed by atoms with Gasteiger partial charge in [-0.15, -0.1) is 0 Å². The second-order valence-electron chi connectivity index (χ2n) is 2.32. The summed E-state index contributed by atoms with van der Waals surface area (Å²) in [6.07, 6.45) is 3.19. The van der Waals surface area contributed by atoms with Crippen LogP contribution in [0.3, 0.4) is 0 Å². The molecule has 0 saturated carbocycles. The molecule has 76 valence electrons. The third kappa shape index (κ3) is 9.92. The predicted octanol–water partition coefficient (Wildman–Crippen LogP) is 3.21. The molecule has 0 radical (unpaired) electrons. The van der Waals surface area contributed by atoms with E-state index in [2.05, 4.69) is 13.8 Å². The standard InChI is InChI=1S/C8H18O2.C2H6/c1-4-6-8(9-3)10-7-5-2;1-2/h8H,4-7H2,1-3H3;1-2H3. The first-order valence-corrected chi connectivity index (χ1v) is 4.99. The fraction of sp³-hybridized carbons (Fsp3) is 1.00. The summed E-state index contributed by atoms with van der Waals surface area (Å²) >= 11 is 0. The maximum Gasteiger partial charge on any atom is 0.157 e. The lowest BCUT2D eigenvalue weighted by Crippen LogP contribution is -2.15. The molecular formula is C10H24O2. The van der Waals surface area contributed by atoms with Crippen molar-refractivity contribution in [2.75, 3.05) is 13.7 Å². The highest BCUT2D eigenvalue weighted by Crippen LogP contribution is 2.02. The van der Waals surface area contributed by atoms with Gasteiger partial charge in [-0.2, -0.15) is 0 Å². The van der Waals surface area contributed by atoms with Gasteiger partial charge >= 0.3 is 0 Å². The van der Waals surface area contributed by atoms with Crippen molar-refractivity contribution in [3.8, 4) is 0 Å². The van der Waals surface area contributed by atoms with Crippen LogP contribution in [-0.4, -0.2) is 20.0 Å². The number of hydrogen-bond acceptors (Lipinski definition) is 2. The lowest BCUT2D eigenvalue weighted by Gasteiger charge is -2.13. The van der Waals surface area contributed by atoms with Crippen LogP contribution in [0.15, 0.2) is 0 Å². The molecule has 0 aromatic carbocycles. The molecule has 0 fully saturated rings. The van der Waals surface area contributed by atoms with Gasteiger partial charge in [-0.05, 0) is 12.8 Å². The molecule has 0 aliphatic heterocycles. The van der Waals surface area contributed by atoms with Crippen LogP contribution in [-0.2, 0) is 9.47 Å². The van der Waals surface area contributed by atoms with Crippen LogP contribution >= 0.6 is 0 Å². The van der Waals surface area contributed by atoms with E-state index in [4.69, 9.17) is 9.47 Å². The number of rotatable bonds is 6. The SMILES string of the molecule is CC.CCCOC(CCC)OC. The minimum atomic E-state index is 0.0185. The van der Waals surface area contributed by atoms with Gasteiger partial charge in [0.05, 0.1) is 0 Å². The number of hydrogen-bond donors (Lipinski definition) is 0. The van der Waals surface area contributed by atoms with Crippen molar-refractivity contribution in [3.05, 3.63) is 0 Å². The third-order valence-electron chi connectivity index (χ3n) is 1.30. The highest BCUT2D eigenvalue weighted by atomic mass is 16.7. The zero-order chi connectivity index (χ0) is 9.82. The maximum atomic E-state index is 5.36. The Hall–Kier alpha value is -0.0800. The lowest BCUT2D eigenvalue weighted by atomic mass is 10.3. The van der Waals surface area contributed by atoms with Crippen molar-refractivity contribution in [1.82, 2.24) is 0 Å². The Labute approximate surface area is 77.3 Å². The van der Waals surface area contributed by atoms with Gasteiger partial charge < -0.3 is 9.47 Å². The summed E-state index contributed by atoms with van der Waals surface area (Å²) in [4.78, 5) is 0. The smallest absolute Gasteiger partial charge is 0.157 e. The van der Waals surface area contributed by atoms with Crippen molar-refractivity contribution in [2.24, 2.45) is 0 Å². The van der Waals surface area contributed by atoms with Gasteiger partial charge in [0.15, 0.2) is 6.29 Å². The largest absolute Gasteiger partial charge is 0.356 e. The number of ether oxygens (including phenoxy) is 2. The molecule has 0 rings (SSSR count). The summed E-state index contributed by atoms with van der Waals surface area (Å²) in [5, 5.41) is 0. The van der Waals surface area contributed by atoms with Crippen molar-refractivity contribution < 1.29 is 9.47 Å². The Morgan fingerprint density at radius 1 is 1.08 bits per heavy atom. The Morgan fingerprint density at radius 3 is 2.00 bits per heavy atom. The number of methoxy groups -OCH3 is 1. The summed E-state index contributed by atoms with van der Waals surface area (Å²) in [5.74, 6) is 0. The summed E-state index contributed by atoms with van der Waals surface area (Å²) in [6, 6.07) is 0. The summed E-state index contributed by atoms with van der Waals surface area (Å²) in [6.45, 7) is 9.03. The predicted molar refractivity (Wildman–Crippen MR) is 53.3 cm³/mol. The molecular weight excluding hydrogens is 152 g/mol. The fourth-order valence-corrected chi connectivity index (χ4v) is 0.754. The zero-order valence-corrected chi connectivity index (χ0v) is 9.22. The normalized spacial score (nSPS) is 11.8. The molecule has 2 nitrogen and oxygen atoms in total. The monoisotopic (exact) mass is 176 g/mol. The van der Waals surface area contributed by atoms with Crippen molar-refractivity contribution >= 4 is 0 Å². The van der Waals surface area contributed by atoms with E-state index < -0.39 is 0 Å². The van der Waals surface area contributed by atoms with E-state index in [1.807, 2.05) is 13.8 Å². The average Bonchev–Trinajstić information content (AvgIpc) is 2.15. The Kier molecular flexibility index (Phi) is 16.3. The van der Waals surface area contributed by atoms with Crippen LogP contribution in [0, 0.1) is 0 Å². The molecule has 0 heterocycles. The summed E-state index contributed by atoms with van der Waals surface area (Å²) in [7, 11) is 1.69. The first-order valence-electron chi connectivity index (χ1n) is 4.99. The first kappa shape index (κ1) is 14.4. The minimum Gasteiger partial charge on any atom is -0.356 e. The molecule has 0 aromatic heterocycles. The van der Waals surface area contributed by atoms with Gasteiger partial charge in [-0.3, -0.25) is 0 Å². The van der Waals surface area contributed by atoms with E-state index >= 15 is 0 Å². The molecule has 0 spiro atoms. The second-order valence-corrected chi connectivity index (χ2v) is 2.32. The van der Waals surface area contributed by atoms with Gasteiger partial charge in [0.1, 0.15) is 0 Å². The van der Waals surface area contributed by atoms with Crippen LogP contribution in [0.4, 0.5) is 0 Å². The molecule has 0 aliphatic carbocycles. The molecule has 1 atom stereocenters. The Bertz CT molecular complexity index is 64.9. The van der Waals surface area contributed by atoms with Crippen molar-refractivity contribution in [2.45, 2.75) is 53.2 Å². The molecule has 1 unspecified atom stereocenters. The van der Waals surface area contributed by atoms with E-state index in [1.54, 1.807) is 7.11 Å². The fourth-order valence-electron chi connectivity index (χ4n) is 0.754. The molecule has 0 saturated heterocycles. The lowest BCUT2D eigenvalue weighted by molar-refractivity contribution is -0.127. The van der Waals surface area contributed by atoms with E-state index in [0.29, 0.717) is 0 Å². The van der Waals surface area contributed by atoms with Crippen molar-refractivity contribution in [3.63, 3.8) is 0 Å². The van der Waals surface area contributed by atoms with E-state index in [1.165, 1.54) is 0 Å². The highest BCUT2D eigenvalue weighted by Gasteiger charge is 2.03. The molecule has 0 aliphatic rings. The minimum absolute atomic E-state index is 0.0185. The van der Waals surface area contributed by atoms with Crippen LogP contribution < -0.4 is 0 Å². The molecule has 0 aromatic rings. The Balaban J connectivity index is 0. The second kappa shape index (κ2) is 13.5. The van der Waals surface area contributed by atoms with Gasteiger partial charge in [0.2, 0.25) is 0 Å². The zero-order valence-electron chi connectivity index (χ0n) is 9.22. The Morgan fingerprint density at radius 2 is 1.67 bits per heavy atom. The summed E-state index contributed by atoms with van der Waals surface area (Å²) < 4.78 is 10.4. The van der Waals surface area contributed by atoms with Gasteiger partial charge in [-0.1, -0.05) is 34.1 Å². The van der Waals surface area contributed by atoms with Crippen LogP contribution in [0.1, 0.15) is 47.0 Å². The highest BCUT2D eigenvalue weighted by molar-refractivity contribution is 4.41. The molecule has 0 amide bonds. The average molecular weight is 176 g/mol. The van der Waals surface area contributed by atoms with Crippen LogP contribution in [0.25, 0.3) is 0 Å². The third-order valence-corrected chi connectivity index (χ3v) is 1.30. The van der Waals surface area contributed by atoms with E-state index in [-0.39, 0.29) is 6.29 Å². The van der Waals surface area contributed by atoms with Crippen molar-refractivity contribution in [1.29, 1.82) is 0 Å². The van der Waals surface area contributed by atoms with Gasteiger partial charge in [0, 0.05) is 13.7 Å². The van der Waals surface area contributed by atoms with E-state index in [9.17, 15) is 0 Å². The topological polar surface area (TPSA) is 18.5 Å². The molecule has 12 heavy (non-hydrogen) atoms. The van der Waals surface area contributed by atoms with Gasteiger partial charge in [-0.25, -0.2) is 0 Å².